The average molecular weight is 318 g/mol. The van der Waals surface area contributed by atoms with Crippen LogP contribution in [0.25, 0.3) is 0 Å². The van der Waals surface area contributed by atoms with Crippen molar-refractivity contribution >= 4 is 5.91 Å². The summed E-state index contributed by atoms with van der Waals surface area (Å²) in [6.45, 7) is 3.47. The van der Waals surface area contributed by atoms with Gasteiger partial charge >= 0.3 is 0 Å². The highest BCUT2D eigenvalue weighted by Crippen LogP contribution is 2.21. The predicted octanol–water partition coefficient (Wildman–Crippen LogP) is 2.06. The quantitative estimate of drug-likeness (QED) is 0.789. The van der Waals surface area contributed by atoms with Crippen LogP contribution in [0.5, 0.6) is 0 Å². The largest absolute Gasteiger partial charge is 0.386 e. The lowest BCUT2D eigenvalue weighted by Gasteiger charge is -2.23. The van der Waals surface area contributed by atoms with E-state index in [-0.39, 0.29) is 11.1 Å². The number of H-pyrrole nitrogens is 1. The van der Waals surface area contributed by atoms with Crippen LogP contribution < -0.4 is 10.7 Å². The SMILES string of the molecule is CC[C@@H](NC(=O)c1c[nH]c(C)cc1=O)[C@@H](O)c1ccccc1F. The van der Waals surface area contributed by atoms with Gasteiger partial charge < -0.3 is 15.4 Å². The highest BCUT2D eigenvalue weighted by Gasteiger charge is 2.24. The van der Waals surface area contributed by atoms with Gasteiger partial charge in [-0.25, -0.2) is 4.39 Å². The normalized spacial score (nSPS) is 13.4. The third kappa shape index (κ3) is 3.84. The number of aryl methyl sites for hydroxylation is 1. The molecule has 0 unspecified atom stereocenters. The maximum atomic E-state index is 13.8. The summed E-state index contributed by atoms with van der Waals surface area (Å²) in [6.07, 6.45) is 0.509. The van der Waals surface area contributed by atoms with E-state index in [1.54, 1.807) is 19.9 Å². The second kappa shape index (κ2) is 7.19. The van der Waals surface area contributed by atoms with E-state index in [2.05, 4.69) is 10.3 Å². The number of carbonyl (C=O) groups excluding carboxylic acids is 1. The lowest BCUT2D eigenvalue weighted by Crippen LogP contribution is -2.40. The minimum Gasteiger partial charge on any atom is -0.386 e. The van der Waals surface area contributed by atoms with Gasteiger partial charge in [-0.1, -0.05) is 25.1 Å². The van der Waals surface area contributed by atoms with Gasteiger partial charge in [-0.3, -0.25) is 9.59 Å². The van der Waals surface area contributed by atoms with Crippen LogP contribution in [0.15, 0.2) is 41.3 Å². The first-order valence-corrected chi connectivity index (χ1v) is 7.36. The molecule has 0 aliphatic carbocycles. The fourth-order valence-corrected chi connectivity index (χ4v) is 2.33. The second-order valence-electron chi connectivity index (χ2n) is 5.35. The molecule has 122 valence electrons. The number of carbonyl (C=O) groups is 1. The highest BCUT2D eigenvalue weighted by atomic mass is 19.1. The minimum atomic E-state index is -1.20. The molecule has 1 amide bonds. The number of halogens is 1. The molecule has 0 aliphatic heterocycles. The number of aliphatic hydroxyl groups is 1. The molecule has 23 heavy (non-hydrogen) atoms. The third-order valence-electron chi connectivity index (χ3n) is 3.66. The molecule has 2 atom stereocenters. The first-order chi connectivity index (χ1) is 10.9. The summed E-state index contributed by atoms with van der Waals surface area (Å²) in [6, 6.07) is 6.46. The van der Waals surface area contributed by atoms with Gasteiger partial charge in [0, 0.05) is 23.5 Å². The van der Waals surface area contributed by atoms with E-state index in [4.69, 9.17) is 0 Å². The van der Waals surface area contributed by atoms with Gasteiger partial charge in [-0.15, -0.1) is 0 Å². The van der Waals surface area contributed by atoms with Crippen molar-refractivity contribution in [2.45, 2.75) is 32.4 Å². The molecule has 0 saturated carbocycles. The third-order valence-corrected chi connectivity index (χ3v) is 3.66. The standard InChI is InChI=1S/C17H19FN2O3/c1-3-14(16(22)11-6-4-5-7-13(11)18)20-17(23)12-9-19-10(2)8-15(12)21/h4-9,14,16,22H,3H2,1-2H3,(H,19,21)(H,20,23)/t14-,16+/m1/s1. The Morgan fingerprint density at radius 2 is 2.09 bits per heavy atom. The number of nitrogens with one attached hydrogen (secondary N) is 2. The number of aromatic nitrogens is 1. The fourth-order valence-electron chi connectivity index (χ4n) is 2.33. The van der Waals surface area contributed by atoms with Crippen LogP contribution in [0, 0.1) is 12.7 Å². The number of hydrogen-bond donors (Lipinski definition) is 3. The molecule has 5 nitrogen and oxygen atoms in total. The van der Waals surface area contributed by atoms with Crippen LogP contribution >= 0.6 is 0 Å². The zero-order chi connectivity index (χ0) is 17.0. The van der Waals surface area contributed by atoms with Crippen molar-refractivity contribution in [2.24, 2.45) is 0 Å². The molecule has 6 heteroatoms. The van der Waals surface area contributed by atoms with Crippen LogP contribution in [-0.2, 0) is 0 Å². The van der Waals surface area contributed by atoms with Gasteiger partial charge in [0.15, 0.2) is 5.43 Å². The maximum absolute atomic E-state index is 13.8. The molecule has 0 fully saturated rings. The highest BCUT2D eigenvalue weighted by molar-refractivity contribution is 5.94. The van der Waals surface area contributed by atoms with Crippen LogP contribution in [0.3, 0.4) is 0 Å². The Kier molecular flexibility index (Phi) is 5.28. The first kappa shape index (κ1) is 16.9. The smallest absolute Gasteiger partial charge is 0.257 e. The van der Waals surface area contributed by atoms with Gasteiger partial charge in [0.25, 0.3) is 5.91 Å². The number of hydrogen-bond acceptors (Lipinski definition) is 3. The van der Waals surface area contributed by atoms with Crippen LogP contribution in [0.2, 0.25) is 0 Å². The number of amides is 1. The number of aliphatic hydroxyl groups excluding tert-OH is 1. The summed E-state index contributed by atoms with van der Waals surface area (Å²) in [5.41, 5.74) is 0.297. The summed E-state index contributed by atoms with van der Waals surface area (Å²) in [5, 5.41) is 12.9. The van der Waals surface area contributed by atoms with E-state index < -0.39 is 29.3 Å². The Bertz CT molecular complexity index is 757. The van der Waals surface area contributed by atoms with Gasteiger partial charge in [-0.05, 0) is 19.4 Å². The van der Waals surface area contributed by atoms with Crippen molar-refractivity contribution in [3.63, 3.8) is 0 Å². The Hall–Kier alpha value is -2.47. The monoisotopic (exact) mass is 318 g/mol. The van der Waals surface area contributed by atoms with E-state index in [9.17, 15) is 19.1 Å². The molecule has 0 radical (unpaired) electrons. The van der Waals surface area contributed by atoms with Crippen molar-refractivity contribution in [1.29, 1.82) is 0 Å². The molecule has 3 N–H and O–H groups in total. The van der Waals surface area contributed by atoms with Crippen LogP contribution in [0.4, 0.5) is 4.39 Å². The lowest BCUT2D eigenvalue weighted by molar-refractivity contribution is 0.0818. The first-order valence-electron chi connectivity index (χ1n) is 7.36. The Morgan fingerprint density at radius 1 is 1.39 bits per heavy atom. The zero-order valence-corrected chi connectivity index (χ0v) is 13.0. The van der Waals surface area contributed by atoms with Crippen molar-refractivity contribution in [3.8, 4) is 0 Å². The van der Waals surface area contributed by atoms with Crippen LogP contribution in [0.1, 0.15) is 41.1 Å². The van der Waals surface area contributed by atoms with Crippen molar-refractivity contribution in [2.75, 3.05) is 0 Å². The molecule has 0 aliphatic rings. The molecule has 0 spiro atoms. The van der Waals surface area contributed by atoms with Crippen LogP contribution in [-0.4, -0.2) is 22.0 Å². The van der Waals surface area contributed by atoms with Crippen molar-refractivity contribution in [1.82, 2.24) is 10.3 Å². The molecule has 2 aromatic rings. The van der Waals surface area contributed by atoms with Crippen molar-refractivity contribution < 1.29 is 14.3 Å². The Labute approximate surface area is 133 Å². The van der Waals surface area contributed by atoms with E-state index in [1.807, 2.05) is 0 Å². The van der Waals surface area contributed by atoms with E-state index in [1.165, 1.54) is 30.5 Å². The molecular weight excluding hydrogens is 299 g/mol. The number of rotatable bonds is 5. The Balaban J connectivity index is 2.20. The lowest BCUT2D eigenvalue weighted by atomic mass is 9.99. The summed E-state index contributed by atoms with van der Waals surface area (Å²) in [5.74, 6) is -1.14. The van der Waals surface area contributed by atoms with E-state index in [0.29, 0.717) is 12.1 Å². The second-order valence-corrected chi connectivity index (χ2v) is 5.35. The fraction of sp³-hybridized carbons (Fsp3) is 0.294. The summed E-state index contributed by atoms with van der Waals surface area (Å²) in [7, 11) is 0. The molecule has 1 aromatic heterocycles. The maximum Gasteiger partial charge on any atom is 0.257 e. The number of aromatic amines is 1. The van der Waals surface area contributed by atoms with E-state index in [0.717, 1.165) is 0 Å². The Morgan fingerprint density at radius 3 is 2.70 bits per heavy atom. The van der Waals surface area contributed by atoms with E-state index >= 15 is 0 Å². The van der Waals surface area contributed by atoms with Gasteiger partial charge in [-0.2, -0.15) is 0 Å². The van der Waals surface area contributed by atoms with Crippen molar-refractivity contribution in [3.05, 3.63) is 69.4 Å². The molecule has 2 rings (SSSR count). The average Bonchev–Trinajstić information content (AvgIpc) is 2.52. The number of pyridine rings is 1. The minimum absolute atomic E-state index is 0.0465. The summed E-state index contributed by atoms with van der Waals surface area (Å²) < 4.78 is 13.8. The topological polar surface area (TPSA) is 82.2 Å². The van der Waals surface area contributed by atoms with Gasteiger partial charge in [0.05, 0.1) is 6.04 Å². The van der Waals surface area contributed by atoms with Gasteiger partial charge in [0.1, 0.15) is 17.5 Å². The van der Waals surface area contributed by atoms with Gasteiger partial charge in [0.2, 0.25) is 0 Å². The zero-order valence-electron chi connectivity index (χ0n) is 13.0. The molecule has 0 saturated heterocycles. The summed E-state index contributed by atoms with van der Waals surface area (Å²) >= 11 is 0. The molecule has 0 bridgehead atoms. The summed E-state index contributed by atoms with van der Waals surface area (Å²) in [4.78, 5) is 26.9. The predicted molar refractivity (Wildman–Crippen MR) is 84.7 cm³/mol. The molecular formula is C17H19FN2O3. The number of benzene rings is 1. The molecule has 1 aromatic carbocycles. The molecule has 1 heterocycles.